The Morgan fingerprint density at radius 2 is 2.04 bits per heavy atom. The molecule has 0 spiro atoms. The molecule has 2 aromatic rings. The molecule has 1 atom stereocenters. The summed E-state index contributed by atoms with van der Waals surface area (Å²) in [6, 6.07) is 4.20. The van der Waals surface area contributed by atoms with Crippen LogP contribution in [-0.2, 0) is 11.3 Å². The van der Waals surface area contributed by atoms with Crippen molar-refractivity contribution in [2.45, 2.75) is 59.3 Å². The van der Waals surface area contributed by atoms with E-state index in [1.165, 1.54) is 22.3 Å². The summed E-state index contributed by atoms with van der Waals surface area (Å²) in [6.07, 6.45) is 0. The SMILES string of the molecule is Cc1nc(SCC(=O)NC(c2cccs2)C(C)C)n(CC(C)C)c1C. The Morgan fingerprint density at radius 3 is 2.60 bits per heavy atom. The molecule has 0 bridgehead atoms. The summed E-state index contributed by atoms with van der Waals surface area (Å²) in [5.41, 5.74) is 2.23. The van der Waals surface area contributed by atoms with Crippen molar-refractivity contribution >= 4 is 29.0 Å². The molecular formula is C19H29N3OS2. The van der Waals surface area contributed by atoms with Crippen LogP contribution in [0.2, 0.25) is 0 Å². The van der Waals surface area contributed by atoms with Crippen LogP contribution in [0.5, 0.6) is 0 Å². The number of amides is 1. The first-order chi connectivity index (χ1) is 11.8. The monoisotopic (exact) mass is 379 g/mol. The van der Waals surface area contributed by atoms with Gasteiger partial charge < -0.3 is 9.88 Å². The highest BCUT2D eigenvalue weighted by molar-refractivity contribution is 7.99. The lowest BCUT2D eigenvalue weighted by Crippen LogP contribution is -2.32. The van der Waals surface area contributed by atoms with Crippen molar-refractivity contribution in [1.82, 2.24) is 14.9 Å². The third-order valence-electron chi connectivity index (χ3n) is 4.14. The maximum atomic E-state index is 12.5. The van der Waals surface area contributed by atoms with Crippen molar-refractivity contribution in [3.8, 4) is 0 Å². The van der Waals surface area contributed by atoms with E-state index in [0.29, 0.717) is 17.6 Å². The third-order valence-corrected chi connectivity index (χ3v) is 6.07. The minimum atomic E-state index is 0.0616. The molecule has 25 heavy (non-hydrogen) atoms. The van der Waals surface area contributed by atoms with E-state index in [0.717, 1.165) is 17.4 Å². The maximum absolute atomic E-state index is 12.5. The van der Waals surface area contributed by atoms with Gasteiger partial charge in [0.15, 0.2) is 5.16 Å². The van der Waals surface area contributed by atoms with Gasteiger partial charge in [0, 0.05) is 17.1 Å². The highest BCUT2D eigenvalue weighted by Crippen LogP contribution is 2.27. The summed E-state index contributed by atoms with van der Waals surface area (Å²) < 4.78 is 2.23. The summed E-state index contributed by atoms with van der Waals surface area (Å²) in [6.45, 7) is 13.7. The first kappa shape index (κ1) is 20.0. The van der Waals surface area contributed by atoms with Crippen LogP contribution < -0.4 is 5.32 Å². The van der Waals surface area contributed by atoms with Crippen LogP contribution in [0.1, 0.15) is 50.0 Å². The van der Waals surface area contributed by atoms with Crippen molar-refractivity contribution < 1.29 is 4.79 Å². The van der Waals surface area contributed by atoms with Crippen LogP contribution in [0, 0.1) is 25.7 Å². The van der Waals surface area contributed by atoms with Crippen LogP contribution in [-0.4, -0.2) is 21.2 Å². The van der Waals surface area contributed by atoms with Gasteiger partial charge in [0.2, 0.25) is 5.91 Å². The lowest BCUT2D eigenvalue weighted by atomic mass is 10.0. The fourth-order valence-electron chi connectivity index (χ4n) is 2.69. The Kier molecular flexibility index (Phi) is 7.14. The summed E-state index contributed by atoms with van der Waals surface area (Å²) in [5, 5.41) is 6.18. The Morgan fingerprint density at radius 1 is 1.32 bits per heavy atom. The van der Waals surface area contributed by atoms with E-state index >= 15 is 0 Å². The summed E-state index contributed by atoms with van der Waals surface area (Å²) in [5.74, 6) is 1.36. The molecule has 0 aliphatic carbocycles. The van der Waals surface area contributed by atoms with E-state index in [-0.39, 0.29) is 11.9 Å². The zero-order chi connectivity index (χ0) is 18.6. The van der Waals surface area contributed by atoms with E-state index in [2.05, 4.69) is 60.9 Å². The molecule has 0 saturated heterocycles. The quantitative estimate of drug-likeness (QED) is 0.669. The van der Waals surface area contributed by atoms with E-state index in [1.54, 1.807) is 11.3 Å². The molecule has 1 N–H and O–H groups in total. The number of aryl methyl sites for hydroxylation is 1. The largest absolute Gasteiger partial charge is 0.347 e. The number of imidazole rings is 1. The standard InChI is InChI=1S/C19H29N3OS2/c1-12(2)10-22-15(6)14(5)20-19(22)25-11-17(23)21-18(13(3)4)16-8-7-9-24-16/h7-9,12-13,18H,10-11H2,1-6H3,(H,21,23). The van der Waals surface area contributed by atoms with Crippen LogP contribution >= 0.6 is 23.1 Å². The number of rotatable bonds is 8. The van der Waals surface area contributed by atoms with Gasteiger partial charge in [-0.15, -0.1) is 11.3 Å². The average Bonchev–Trinajstić information content (AvgIpc) is 3.14. The van der Waals surface area contributed by atoms with Gasteiger partial charge in [-0.1, -0.05) is 45.5 Å². The molecule has 2 heterocycles. The van der Waals surface area contributed by atoms with Crippen molar-refractivity contribution in [2.24, 2.45) is 11.8 Å². The van der Waals surface area contributed by atoms with Gasteiger partial charge >= 0.3 is 0 Å². The molecule has 6 heteroatoms. The van der Waals surface area contributed by atoms with Gasteiger partial charge in [-0.3, -0.25) is 4.79 Å². The highest BCUT2D eigenvalue weighted by atomic mass is 32.2. The number of aromatic nitrogens is 2. The fourth-order valence-corrected chi connectivity index (χ4v) is 4.56. The van der Waals surface area contributed by atoms with Crippen molar-refractivity contribution in [3.63, 3.8) is 0 Å². The lowest BCUT2D eigenvalue weighted by molar-refractivity contribution is -0.119. The first-order valence-corrected chi connectivity index (χ1v) is 10.6. The van der Waals surface area contributed by atoms with Gasteiger partial charge in [-0.25, -0.2) is 4.98 Å². The van der Waals surface area contributed by atoms with Gasteiger partial charge in [0.25, 0.3) is 0 Å². The predicted molar refractivity (Wildman–Crippen MR) is 107 cm³/mol. The Labute approximate surface area is 159 Å². The lowest BCUT2D eigenvalue weighted by Gasteiger charge is -2.21. The minimum absolute atomic E-state index is 0.0616. The number of thioether (sulfide) groups is 1. The molecule has 0 aromatic carbocycles. The number of nitrogens with zero attached hydrogens (tertiary/aromatic N) is 2. The molecule has 4 nitrogen and oxygen atoms in total. The van der Waals surface area contributed by atoms with Crippen LogP contribution in [0.15, 0.2) is 22.7 Å². The summed E-state index contributed by atoms with van der Waals surface area (Å²) in [7, 11) is 0. The van der Waals surface area contributed by atoms with Gasteiger partial charge in [0.05, 0.1) is 17.5 Å². The minimum Gasteiger partial charge on any atom is -0.347 e. The molecule has 2 aromatic heterocycles. The summed E-state index contributed by atoms with van der Waals surface area (Å²) >= 11 is 3.22. The number of hydrogen-bond acceptors (Lipinski definition) is 4. The van der Waals surface area contributed by atoms with Crippen molar-refractivity contribution in [2.75, 3.05) is 5.75 Å². The molecular weight excluding hydrogens is 350 g/mol. The second-order valence-corrected chi connectivity index (χ2v) is 9.08. The number of nitrogens with one attached hydrogen (secondary N) is 1. The second-order valence-electron chi connectivity index (χ2n) is 7.16. The molecule has 0 fully saturated rings. The van der Waals surface area contributed by atoms with E-state index in [1.807, 2.05) is 13.0 Å². The average molecular weight is 380 g/mol. The number of thiophene rings is 1. The smallest absolute Gasteiger partial charge is 0.230 e. The third kappa shape index (κ3) is 5.35. The molecule has 1 amide bonds. The molecule has 0 saturated carbocycles. The van der Waals surface area contributed by atoms with Gasteiger partial charge in [0.1, 0.15) is 0 Å². The van der Waals surface area contributed by atoms with Crippen molar-refractivity contribution in [1.29, 1.82) is 0 Å². The first-order valence-electron chi connectivity index (χ1n) is 8.78. The number of carbonyl (C=O) groups is 1. The Hall–Kier alpha value is -1.27. The fraction of sp³-hybridized carbons (Fsp3) is 0.579. The topological polar surface area (TPSA) is 46.9 Å². The zero-order valence-corrected chi connectivity index (χ0v) is 17.6. The molecule has 0 aliphatic rings. The molecule has 1 unspecified atom stereocenters. The zero-order valence-electron chi connectivity index (χ0n) is 16.0. The van der Waals surface area contributed by atoms with Gasteiger partial charge in [-0.2, -0.15) is 0 Å². The molecule has 2 rings (SSSR count). The highest BCUT2D eigenvalue weighted by Gasteiger charge is 2.20. The summed E-state index contributed by atoms with van der Waals surface area (Å²) in [4.78, 5) is 18.3. The van der Waals surface area contributed by atoms with Crippen LogP contribution in [0.25, 0.3) is 0 Å². The number of carbonyl (C=O) groups excluding carboxylic acids is 1. The molecule has 0 radical (unpaired) electrons. The van der Waals surface area contributed by atoms with Crippen molar-refractivity contribution in [3.05, 3.63) is 33.8 Å². The normalized spacial score (nSPS) is 12.8. The van der Waals surface area contributed by atoms with Crippen LogP contribution in [0.4, 0.5) is 0 Å². The van der Waals surface area contributed by atoms with Crippen LogP contribution in [0.3, 0.4) is 0 Å². The second kappa shape index (κ2) is 8.90. The molecule has 138 valence electrons. The van der Waals surface area contributed by atoms with E-state index in [9.17, 15) is 4.79 Å². The Bertz CT molecular complexity index is 690. The van der Waals surface area contributed by atoms with E-state index in [4.69, 9.17) is 0 Å². The molecule has 0 aliphatic heterocycles. The maximum Gasteiger partial charge on any atom is 0.230 e. The van der Waals surface area contributed by atoms with E-state index < -0.39 is 0 Å². The predicted octanol–water partition coefficient (Wildman–Crippen LogP) is 4.82. The Balaban J connectivity index is 2.01. The van der Waals surface area contributed by atoms with Gasteiger partial charge in [-0.05, 0) is 37.1 Å². The number of hydrogen-bond donors (Lipinski definition) is 1.